The number of aliphatic hydroxyl groups is 1. The van der Waals surface area contributed by atoms with Crippen molar-refractivity contribution in [1.29, 1.82) is 0 Å². The van der Waals surface area contributed by atoms with Crippen molar-refractivity contribution >= 4 is 15.7 Å². The smallest absolute Gasteiger partial charge is 0.279 e. The fourth-order valence-corrected chi connectivity index (χ4v) is 3.17. The van der Waals surface area contributed by atoms with Gasteiger partial charge < -0.3 is 5.11 Å². The van der Waals surface area contributed by atoms with E-state index in [-0.39, 0.29) is 17.2 Å². The lowest BCUT2D eigenvalue weighted by atomic mass is 10.1. The minimum atomic E-state index is -3.78. The molecule has 0 aliphatic rings. The van der Waals surface area contributed by atoms with Crippen LogP contribution >= 0.6 is 0 Å². The molecule has 0 saturated carbocycles. The third-order valence-electron chi connectivity index (χ3n) is 2.90. The van der Waals surface area contributed by atoms with E-state index in [1.165, 1.54) is 6.20 Å². The van der Waals surface area contributed by atoms with Crippen LogP contribution in [0.4, 0.5) is 5.69 Å². The maximum absolute atomic E-state index is 12.3. The molecular weight excluding hydrogens is 278 g/mol. The summed E-state index contributed by atoms with van der Waals surface area (Å²) in [5.74, 6) is 0. The first-order chi connectivity index (χ1) is 9.58. The van der Waals surface area contributed by atoms with Crippen LogP contribution in [0, 0.1) is 0 Å². The number of nitrogens with one attached hydrogen (secondary N) is 2. The summed E-state index contributed by atoms with van der Waals surface area (Å²) in [6, 6.07) is 7.26. The summed E-state index contributed by atoms with van der Waals surface area (Å²) in [6.45, 7) is 1.65. The van der Waals surface area contributed by atoms with E-state index in [1.807, 2.05) is 19.1 Å². The standard InChI is InChI=1S/C13H17N3O3S/c1-2-5-10-6-3-4-7-12(10)16-20(18,19)13-11(9-17)8-14-15-13/h3-4,6-8,16-17H,2,5,9H2,1H3,(H,14,15). The maximum atomic E-state index is 12.3. The molecule has 0 bridgehead atoms. The number of aliphatic hydroxyl groups excluding tert-OH is 1. The molecule has 0 atom stereocenters. The molecule has 2 aromatic rings. The van der Waals surface area contributed by atoms with Crippen LogP contribution < -0.4 is 4.72 Å². The van der Waals surface area contributed by atoms with Crippen molar-refractivity contribution in [2.45, 2.75) is 31.4 Å². The summed E-state index contributed by atoms with van der Waals surface area (Å²) in [7, 11) is -3.78. The molecule has 0 aliphatic carbocycles. The lowest BCUT2D eigenvalue weighted by Gasteiger charge is -2.11. The Labute approximate surface area is 117 Å². The number of benzene rings is 1. The van der Waals surface area contributed by atoms with E-state index in [9.17, 15) is 8.42 Å². The highest BCUT2D eigenvalue weighted by Crippen LogP contribution is 2.21. The minimum Gasteiger partial charge on any atom is -0.392 e. The second-order valence-corrected chi connectivity index (χ2v) is 6.01. The van der Waals surface area contributed by atoms with Crippen LogP contribution in [0.5, 0.6) is 0 Å². The normalized spacial score (nSPS) is 11.5. The van der Waals surface area contributed by atoms with Gasteiger partial charge in [0.1, 0.15) is 0 Å². The highest BCUT2D eigenvalue weighted by atomic mass is 32.2. The molecule has 0 aliphatic heterocycles. The summed E-state index contributed by atoms with van der Waals surface area (Å²) in [6.07, 6.45) is 3.01. The minimum absolute atomic E-state index is 0.105. The fourth-order valence-electron chi connectivity index (χ4n) is 1.95. The van der Waals surface area contributed by atoms with Gasteiger partial charge in [0.05, 0.1) is 18.5 Å². The lowest BCUT2D eigenvalue weighted by Crippen LogP contribution is -2.16. The Bertz CT molecular complexity index is 680. The Balaban J connectivity index is 2.34. The van der Waals surface area contributed by atoms with E-state index < -0.39 is 10.0 Å². The number of sulfonamides is 1. The molecule has 20 heavy (non-hydrogen) atoms. The number of para-hydroxylation sites is 1. The van der Waals surface area contributed by atoms with Gasteiger partial charge in [-0.05, 0) is 18.1 Å². The first kappa shape index (κ1) is 14.5. The third-order valence-corrected chi connectivity index (χ3v) is 4.28. The average molecular weight is 295 g/mol. The number of anilines is 1. The van der Waals surface area contributed by atoms with Crippen molar-refractivity contribution in [2.75, 3.05) is 4.72 Å². The van der Waals surface area contributed by atoms with Crippen molar-refractivity contribution in [1.82, 2.24) is 10.2 Å². The predicted octanol–water partition coefficient (Wildman–Crippen LogP) is 1.66. The van der Waals surface area contributed by atoms with Crippen LogP contribution in [0.1, 0.15) is 24.5 Å². The SMILES string of the molecule is CCCc1ccccc1NS(=O)(=O)c1[nH]ncc1CO. The van der Waals surface area contributed by atoms with E-state index in [4.69, 9.17) is 5.11 Å². The van der Waals surface area contributed by atoms with E-state index in [1.54, 1.807) is 12.1 Å². The van der Waals surface area contributed by atoms with Gasteiger partial charge in [-0.15, -0.1) is 0 Å². The summed E-state index contributed by atoms with van der Waals surface area (Å²) in [5.41, 5.74) is 1.72. The second-order valence-electron chi connectivity index (χ2n) is 4.40. The van der Waals surface area contributed by atoms with Gasteiger partial charge in [-0.1, -0.05) is 31.5 Å². The number of hydrogen-bond donors (Lipinski definition) is 3. The second kappa shape index (κ2) is 6.06. The highest BCUT2D eigenvalue weighted by molar-refractivity contribution is 7.92. The highest BCUT2D eigenvalue weighted by Gasteiger charge is 2.21. The van der Waals surface area contributed by atoms with Crippen LogP contribution in [0.3, 0.4) is 0 Å². The zero-order valence-electron chi connectivity index (χ0n) is 11.1. The van der Waals surface area contributed by atoms with E-state index in [2.05, 4.69) is 14.9 Å². The topological polar surface area (TPSA) is 95.1 Å². The Morgan fingerprint density at radius 2 is 2.05 bits per heavy atom. The van der Waals surface area contributed by atoms with Gasteiger partial charge in [0.25, 0.3) is 10.0 Å². The van der Waals surface area contributed by atoms with Crippen molar-refractivity contribution in [3.63, 3.8) is 0 Å². The van der Waals surface area contributed by atoms with Crippen molar-refractivity contribution in [3.8, 4) is 0 Å². The number of aromatic amines is 1. The summed E-state index contributed by atoms with van der Waals surface area (Å²) < 4.78 is 27.1. The van der Waals surface area contributed by atoms with Gasteiger partial charge in [-0.3, -0.25) is 9.82 Å². The van der Waals surface area contributed by atoms with Gasteiger partial charge >= 0.3 is 0 Å². The number of H-pyrrole nitrogens is 1. The number of aromatic nitrogens is 2. The average Bonchev–Trinajstić information content (AvgIpc) is 2.90. The summed E-state index contributed by atoms with van der Waals surface area (Å²) >= 11 is 0. The molecule has 1 heterocycles. The molecule has 0 amide bonds. The molecular formula is C13H17N3O3S. The van der Waals surface area contributed by atoms with E-state index >= 15 is 0 Å². The molecule has 0 fully saturated rings. The number of hydrogen-bond acceptors (Lipinski definition) is 4. The van der Waals surface area contributed by atoms with Crippen LogP contribution in [-0.2, 0) is 23.1 Å². The zero-order valence-corrected chi connectivity index (χ0v) is 11.9. The van der Waals surface area contributed by atoms with Crippen LogP contribution in [-0.4, -0.2) is 23.7 Å². The molecule has 0 saturated heterocycles. The maximum Gasteiger partial charge on any atom is 0.279 e. The number of nitrogens with zero attached hydrogens (tertiary/aromatic N) is 1. The van der Waals surface area contributed by atoms with Gasteiger partial charge in [0.15, 0.2) is 5.03 Å². The van der Waals surface area contributed by atoms with Crippen LogP contribution in [0.25, 0.3) is 0 Å². The molecule has 1 aromatic heterocycles. The van der Waals surface area contributed by atoms with E-state index in [0.717, 1.165) is 18.4 Å². The van der Waals surface area contributed by atoms with Gasteiger partial charge in [0.2, 0.25) is 0 Å². The molecule has 0 radical (unpaired) electrons. The molecule has 0 unspecified atom stereocenters. The number of rotatable bonds is 6. The van der Waals surface area contributed by atoms with Crippen molar-refractivity contribution < 1.29 is 13.5 Å². The molecule has 7 heteroatoms. The molecule has 0 spiro atoms. The summed E-state index contributed by atoms with van der Waals surface area (Å²) in [5, 5.41) is 15.1. The predicted molar refractivity (Wildman–Crippen MR) is 75.8 cm³/mol. The molecule has 3 N–H and O–H groups in total. The molecule has 2 rings (SSSR count). The fraction of sp³-hybridized carbons (Fsp3) is 0.308. The number of aryl methyl sites for hydroxylation is 1. The monoisotopic (exact) mass is 295 g/mol. The first-order valence-electron chi connectivity index (χ1n) is 6.32. The zero-order chi connectivity index (χ0) is 14.6. The Morgan fingerprint density at radius 1 is 1.30 bits per heavy atom. The Kier molecular flexibility index (Phi) is 4.41. The molecule has 108 valence electrons. The largest absolute Gasteiger partial charge is 0.392 e. The van der Waals surface area contributed by atoms with Crippen molar-refractivity contribution in [3.05, 3.63) is 41.6 Å². The first-order valence-corrected chi connectivity index (χ1v) is 7.80. The molecule has 1 aromatic carbocycles. The Hall–Kier alpha value is -1.86. The quantitative estimate of drug-likeness (QED) is 0.755. The van der Waals surface area contributed by atoms with Gasteiger partial charge in [-0.2, -0.15) is 13.5 Å². The Morgan fingerprint density at radius 3 is 2.75 bits per heavy atom. The van der Waals surface area contributed by atoms with Crippen LogP contribution in [0.15, 0.2) is 35.5 Å². The third kappa shape index (κ3) is 3.00. The van der Waals surface area contributed by atoms with Gasteiger partial charge in [0, 0.05) is 5.56 Å². The van der Waals surface area contributed by atoms with Crippen LogP contribution in [0.2, 0.25) is 0 Å². The van der Waals surface area contributed by atoms with E-state index in [0.29, 0.717) is 5.69 Å². The summed E-state index contributed by atoms with van der Waals surface area (Å²) in [4.78, 5) is 0. The molecule has 6 nitrogen and oxygen atoms in total. The van der Waals surface area contributed by atoms with Crippen molar-refractivity contribution in [2.24, 2.45) is 0 Å². The lowest BCUT2D eigenvalue weighted by molar-refractivity contribution is 0.278. The van der Waals surface area contributed by atoms with Gasteiger partial charge in [-0.25, -0.2) is 0 Å².